The van der Waals surface area contributed by atoms with Gasteiger partial charge in [-0.1, -0.05) is 0 Å². The fraction of sp³-hybridized carbons (Fsp3) is 0.929. The van der Waals surface area contributed by atoms with Crippen molar-refractivity contribution in [2.24, 2.45) is 4.99 Å². The highest BCUT2D eigenvalue weighted by molar-refractivity contribution is 14.0. The highest BCUT2D eigenvalue weighted by atomic mass is 127. The van der Waals surface area contributed by atoms with Gasteiger partial charge in [0.25, 0.3) is 0 Å². The Kier molecular flexibility index (Phi) is 17.4. The van der Waals surface area contributed by atoms with E-state index in [0.29, 0.717) is 18.9 Å². The smallest absolute Gasteiger partial charge is 0.385 e. The number of nitrogens with zero attached hydrogens (tertiary/aromatic N) is 2. The highest BCUT2D eigenvalue weighted by Crippen LogP contribution is 2.14. The molecule has 0 aliphatic heterocycles. The second-order valence-electron chi connectivity index (χ2n) is 5.10. The molecule has 0 rings (SSSR count). The van der Waals surface area contributed by atoms with Crippen molar-refractivity contribution in [3.8, 4) is 0 Å². The first-order valence-electron chi connectivity index (χ1n) is 7.65. The summed E-state index contributed by atoms with van der Waals surface area (Å²) in [7, 11) is 5.37. The summed E-state index contributed by atoms with van der Waals surface area (Å²) in [6.45, 7) is 2.66. The summed E-state index contributed by atoms with van der Waals surface area (Å²) in [6.07, 6.45) is -2.80. The lowest BCUT2D eigenvalue weighted by atomic mass is 10.4. The van der Waals surface area contributed by atoms with Crippen LogP contribution in [0.25, 0.3) is 0 Å². The van der Waals surface area contributed by atoms with E-state index in [0.717, 1.165) is 32.7 Å². The van der Waals surface area contributed by atoms with Gasteiger partial charge in [-0.2, -0.15) is 13.2 Å². The minimum Gasteiger partial charge on any atom is -0.385 e. The van der Waals surface area contributed by atoms with E-state index in [2.05, 4.69) is 25.3 Å². The summed E-state index contributed by atoms with van der Waals surface area (Å²) in [5.74, 6) is 0.631. The monoisotopic (exact) mass is 470 g/mol. The first kappa shape index (κ1) is 25.9. The van der Waals surface area contributed by atoms with Crippen molar-refractivity contribution in [1.29, 1.82) is 0 Å². The summed E-state index contributed by atoms with van der Waals surface area (Å²) in [4.78, 5) is 6.24. The van der Waals surface area contributed by atoms with Crippen molar-refractivity contribution in [1.82, 2.24) is 15.5 Å². The van der Waals surface area contributed by atoms with Gasteiger partial charge in [0.05, 0.1) is 0 Å². The fourth-order valence-electron chi connectivity index (χ4n) is 1.75. The Balaban J connectivity index is 0. The first-order valence-corrected chi connectivity index (χ1v) is 7.65. The number of hydrogen-bond donors (Lipinski definition) is 2. The van der Waals surface area contributed by atoms with E-state index in [-0.39, 0.29) is 30.6 Å². The lowest BCUT2D eigenvalue weighted by Gasteiger charge is -2.18. The number of alkyl halides is 3. The van der Waals surface area contributed by atoms with Gasteiger partial charge in [-0.25, -0.2) is 0 Å². The van der Waals surface area contributed by atoms with Crippen LogP contribution in [-0.4, -0.2) is 84.2 Å². The highest BCUT2D eigenvalue weighted by Gasteiger charge is 2.27. The molecule has 10 heteroatoms. The Labute approximate surface area is 159 Å². The van der Waals surface area contributed by atoms with Crippen LogP contribution in [0.1, 0.15) is 12.8 Å². The maximum absolute atomic E-state index is 11.9. The second-order valence-corrected chi connectivity index (χ2v) is 5.10. The van der Waals surface area contributed by atoms with Crippen LogP contribution in [0, 0.1) is 0 Å². The summed E-state index contributed by atoms with van der Waals surface area (Å²) >= 11 is 0. The van der Waals surface area contributed by atoms with Crippen LogP contribution in [0.2, 0.25) is 0 Å². The van der Waals surface area contributed by atoms with Crippen molar-refractivity contribution < 1.29 is 22.6 Å². The van der Waals surface area contributed by atoms with E-state index >= 15 is 0 Å². The number of hydrogen-bond acceptors (Lipinski definition) is 4. The molecule has 0 amide bonds. The molecule has 0 radical (unpaired) electrons. The number of ether oxygens (including phenoxy) is 2. The van der Waals surface area contributed by atoms with E-state index in [9.17, 15) is 13.2 Å². The number of nitrogens with one attached hydrogen (secondary N) is 2. The summed E-state index contributed by atoms with van der Waals surface area (Å²) in [5, 5.41) is 6.18. The Bertz CT molecular complexity index is 321. The molecule has 6 nitrogen and oxygen atoms in total. The molecule has 146 valence electrons. The van der Waals surface area contributed by atoms with Gasteiger partial charge >= 0.3 is 6.18 Å². The Hall–Kier alpha value is -0.330. The number of likely N-dealkylation sites (N-methyl/N-ethyl adjacent to an activating group) is 1. The summed E-state index contributed by atoms with van der Waals surface area (Å²) < 4.78 is 45.1. The summed E-state index contributed by atoms with van der Waals surface area (Å²) in [6, 6.07) is 0. The maximum atomic E-state index is 11.9. The third kappa shape index (κ3) is 18.0. The standard InChI is InChI=1S/C14H29F3N4O2.HI/c1-18-13(19-6-4-11-23-12-14(15,16)17)20-7-9-21(2)8-5-10-22-3;/h4-12H2,1-3H3,(H2,18,19,20);1H. The van der Waals surface area contributed by atoms with Gasteiger partial charge in [0.1, 0.15) is 6.61 Å². The largest absolute Gasteiger partial charge is 0.411 e. The third-order valence-corrected chi connectivity index (χ3v) is 2.92. The van der Waals surface area contributed by atoms with Crippen LogP contribution >= 0.6 is 24.0 Å². The predicted molar refractivity (Wildman–Crippen MR) is 100 cm³/mol. The van der Waals surface area contributed by atoms with Gasteiger partial charge in [-0.3, -0.25) is 4.99 Å². The Morgan fingerprint density at radius 2 is 1.75 bits per heavy atom. The van der Waals surface area contributed by atoms with Crippen LogP contribution in [0.4, 0.5) is 13.2 Å². The number of guanidine groups is 1. The molecular weight excluding hydrogens is 440 g/mol. The molecule has 24 heavy (non-hydrogen) atoms. The van der Waals surface area contributed by atoms with Gasteiger partial charge in [0.15, 0.2) is 5.96 Å². The molecule has 0 aliphatic carbocycles. The zero-order valence-corrected chi connectivity index (χ0v) is 16.9. The van der Waals surface area contributed by atoms with Crippen LogP contribution in [-0.2, 0) is 9.47 Å². The van der Waals surface area contributed by atoms with Gasteiger partial charge < -0.3 is 25.0 Å². The topological polar surface area (TPSA) is 58.1 Å². The molecule has 0 saturated heterocycles. The normalized spacial score (nSPS) is 12.2. The molecule has 2 N–H and O–H groups in total. The zero-order chi connectivity index (χ0) is 17.6. The van der Waals surface area contributed by atoms with E-state index < -0.39 is 12.8 Å². The van der Waals surface area contributed by atoms with Crippen molar-refractivity contribution >= 4 is 29.9 Å². The number of rotatable bonds is 12. The van der Waals surface area contributed by atoms with Crippen molar-refractivity contribution in [2.45, 2.75) is 19.0 Å². The predicted octanol–water partition coefficient (Wildman–Crippen LogP) is 1.71. The number of aliphatic imine (C=N–C) groups is 1. The molecule has 0 saturated carbocycles. The van der Waals surface area contributed by atoms with E-state index in [1.54, 1.807) is 14.2 Å². The minimum atomic E-state index is -4.26. The average molecular weight is 470 g/mol. The lowest BCUT2D eigenvalue weighted by molar-refractivity contribution is -0.173. The quantitative estimate of drug-likeness (QED) is 0.197. The van der Waals surface area contributed by atoms with Crippen molar-refractivity contribution in [2.75, 3.05) is 67.2 Å². The van der Waals surface area contributed by atoms with Crippen LogP contribution in [0.15, 0.2) is 4.99 Å². The fourth-order valence-corrected chi connectivity index (χ4v) is 1.75. The van der Waals surface area contributed by atoms with Crippen molar-refractivity contribution in [3.05, 3.63) is 0 Å². The lowest BCUT2D eigenvalue weighted by Crippen LogP contribution is -2.41. The van der Waals surface area contributed by atoms with E-state index in [4.69, 9.17) is 4.74 Å². The van der Waals surface area contributed by atoms with E-state index in [1.807, 2.05) is 7.05 Å². The van der Waals surface area contributed by atoms with Crippen molar-refractivity contribution in [3.63, 3.8) is 0 Å². The third-order valence-electron chi connectivity index (χ3n) is 2.92. The molecule has 0 aromatic rings. The van der Waals surface area contributed by atoms with Gasteiger partial charge in [0, 0.05) is 53.6 Å². The zero-order valence-electron chi connectivity index (χ0n) is 14.6. The molecule has 0 atom stereocenters. The summed E-state index contributed by atoms with van der Waals surface area (Å²) in [5.41, 5.74) is 0. The molecule has 0 fully saturated rings. The van der Waals surface area contributed by atoms with Crippen LogP contribution in [0.5, 0.6) is 0 Å². The molecule has 0 aliphatic rings. The molecule has 0 heterocycles. The van der Waals surface area contributed by atoms with Gasteiger partial charge in [0.2, 0.25) is 0 Å². The Morgan fingerprint density at radius 3 is 2.33 bits per heavy atom. The molecule has 0 aromatic carbocycles. The molecule has 0 aromatic heterocycles. The van der Waals surface area contributed by atoms with Gasteiger partial charge in [-0.05, 0) is 19.9 Å². The Morgan fingerprint density at radius 1 is 1.08 bits per heavy atom. The SMILES string of the molecule is CN=C(NCCCOCC(F)(F)F)NCCN(C)CCCOC.I. The second kappa shape index (κ2) is 16.2. The molecule has 0 bridgehead atoms. The first-order chi connectivity index (χ1) is 10.9. The van der Waals surface area contributed by atoms with Gasteiger partial charge in [-0.15, -0.1) is 24.0 Å². The van der Waals surface area contributed by atoms with Crippen LogP contribution < -0.4 is 10.6 Å². The maximum Gasteiger partial charge on any atom is 0.411 e. The average Bonchev–Trinajstić information content (AvgIpc) is 2.48. The molecular formula is C14H30F3IN4O2. The molecule has 0 unspecified atom stereocenters. The minimum absolute atomic E-state index is 0. The molecule has 0 spiro atoms. The number of methoxy groups -OCH3 is 1. The van der Waals surface area contributed by atoms with E-state index in [1.165, 1.54) is 0 Å². The van der Waals surface area contributed by atoms with Crippen LogP contribution in [0.3, 0.4) is 0 Å². The number of halogens is 4.